The van der Waals surface area contributed by atoms with Crippen LogP contribution < -0.4 is 10.6 Å². The molecule has 2 amide bonds. The Labute approximate surface area is 158 Å². The Bertz CT molecular complexity index is 932. The van der Waals surface area contributed by atoms with Crippen LogP contribution in [-0.4, -0.2) is 17.6 Å². The van der Waals surface area contributed by atoms with E-state index in [4.69, 9.17) is 0 Å². The van der Waals surface area contributed by atoms with Crippen LogP contribution in [0.2, 0.25) is 0 Å². The van der Waals surface area contributed by atoms with Gasteiger partial charge in [-0.25, -0.2) is 0 Å². The number of carbonyl (C=O) groups excluding carboxylic acids is 3. The molecule has 0 atom stereocenters. The summed E-state index contributed by atoms with van der Waals surface area (Å²) in [6, 6.07) is 10.4. The van der Waals surface area contributed by atoms with Crippen LogP contribution in [0.1, 0.15) is 35.7 Å². The number of rotatable bonds is 5. The molecule has 0 saturated heterocycles. The molecule has 2 N–H and O–H groups in total. The lowest BCUT2D eigenvalue weighted by molar-refractivity contribution is -0.137. The van der Waals surface area contributed by atoms with Crippen molar-refractivity contribution >= 4 is 29.0 Å². The third kappa shape index (κ3) is 4.05. The smallest absolute Gasteiger partial charge is 0.325 e. The van der Waals surface area contributed by atoms with Crippen molar-refractivity contribution in [2.24, 2.45) is 5.41 Å². The Morgan fingerprint density at radius 1 is 0.893 bits per heavy atom. The van der Waals surface area contributed by atoms with Gasteiger partial charge in [0.05, 0.1) is 5.56 Å². The number of hydrogen-bond donors (Lipinski definition) is 2. The first-order valence-corrected chi connectivity index (χ1v) is 8.53. The van der Waals surface area contributed by atoms with E-state index in [1.54, 1.807) is 18.2 Å². The lowest BCUT2D eigenvalue weighted by atomic mass is 10.0. The number of Topliss-reactive ketones (excluding diaryl/α,β-unsaturated/α-hetero) is 1. The van der Waals surface area contributed by atoms with E-state index in [9.17, 15) is 27.6 Å². The maximum Gasteiger partial charge on any atom is 0.416 e. The van der Waals surface area contributed by atoms with E-state index in [2.05, 4.69) is 10.6 Å². The number of halogens is 3. The van der Waals surface area contributed by atoms with E-state index in [1.165, 1.54) is 13.0 Å². The molecule has 0 heterocycles. The number of alkyl halides is 3. The van der Waals surface area contributed by atoms with Gasteiger partial charge in [0, 0.05) is 16.9 Å². The maximum atomic E-state index is 12.6. The van der Waals surface area contributed by atoms with Crippen molar-refractivity contribution in [2.75, 3.05) is 10.6 Å². The fourth-order valence-corrected chi connectivity index (χ4v) is 2.74. The average Bonchev–Trinajstić information content (AvgIpc) is 3.43. The van der Waals surface area contributed by atoms with Gasteiger partial charge in [-0.2, -0.15) is 13.2 Å². The summed E-state index contributed by atoms with van der Waals surface area (Å²) < 4.78 is 37.8. The van der Waals surface area contributed by atoms with Gasteiger partial charge >= 0.3 is 6.18 Å². The van der Waals surface area contributed by atoms with E-state index >= 15 is 0 Å². The number of benzene rings is 2. The van der Waals surface area contributed by atoms with Crippen LogP contribution >= 0.6 is 0 Å². The fraction of sp³-hybridized carbons (Fsp3) is 0.250. The van der Waals surface area contributed by atoms with Gasteiger partial charge in [0.15, 0.2) is 5.78 Å². The van der Waals surface area contributed by atoms with E-state index in [-0.39, 0.29) is 11.5 Å². The molecule has 0 aromatic heterocycles. The first kappa shape index (κ1) is 19.6. The number of hydrogen-bond acceptors (Lipinski definition) is 3. The minimum absolute atomic E-state index is 0.155. The summed E-state index contributed by atoms with van der Waals surface area (Å²) in [5.41, 5.74) is -1.09. The Balaban J connectivity index is 1.69. The van der Waals surface area contributed by atoms with E-state index in [0.717, 1.165) is 24.3 Å². The SMILES string of the molecule is CC(=O)c1cccc(NC(=O)C2(C(=O)Nc3ccc(C(F)(F)F)cc3)CC2)c1. The zero-order chi connectivity index (χ0) is 20.5. The summed E-state index contributed by atoms with van der Waals surface area (Å²) in [4.78, 5) is 36.6. The highest BCUT2D eigenvalue weighted by Gasteiger charge is 2.56. The highest BCUT2D eigenvalue weighted by Crippen LogP contribution is 2.47. The topological polar surface area (TPSA) is 75.3 Å². The van der Waals surface area contributed by atoms with Gasteiger partial charge in [0.2, 0.25) is 11.8 Å². The highest BCUT2D eigenvalue weighted by atomic mass is 19.4. The molecule has 5 nitrogen and oxygen atoms in total. The fourth-order valence-electron chi connectivity index (χ4n) is 2.74. The predicted molar refractivity (Wildman–Crippen MR) is 96.8 cm³/mol. The molecule has 1 aliphatic rings. The van der Waals surface area contributed by atoms with Crippen molar-refractivity contribution in [3.63, 3.8) is 0 Å². The summed E-state index contributed by atoms with van der Waals surface area (Å²) in [6.45, 7) is 1.40. The zero-order valence-corrected chi connectivity index (χ0v) is 14.9. The van der Waals surface area contributed by atoms with E-state index in [1.807, 2.05) is 0 Å². The van der Waals surface area contributed by atoms with Crippen molar-refractivity contribution in [1.82, 2.24) is 0 Å². The predicted octanol–water partition coefficient (Wildman–Crippen LogP) is 4.27. The van der Waals surface area contributed by atoms with Gasteiger partial charge in [-0.1, -0.05) is 12.1 Å². The molecule has 0 bridgehead atoms. The van der Waals surface area contributed by atoms with E-state index < -0.39 is 29.0 Å². The third-order valence-corrected chi connectivity index (χ3v) is 4.62. The molecule has 1 fully saturated rings. The van der Waals surface area contributed by atoms with Gasteiger partial charge in [-0.3, -0.25) is 14.4 Å². The molecule has 3 rings (SSSR count). The number of carbonyl (C=O) groups is 3. The maximum absolute atomic E-state index is 12.6. The van der Waals surface area contributed by atoms with Gasteiger partial charge in [0.25, 0.3) is 0 Å². The summed E-state index contributed by atoms with van der Waals surface area (Å²) in [5.74, 6) is -1.25. The molecule has 0 unspecified atom stereocenters. The summed E-state index contributed by atoms with van der Waals surface area (Å²) >= 11 is 0. The van der Waals surface area contributed by atoms with Gasteiger partial charge in [0.1, 0.15) is 5.41 Å². The first-order chi connectivity index (χ1) is 13.1. The quantitative estimate of drug-likeness (QED) is 0.592. The number of nitrogens with one attached hydrogen (secondary N) is 2. The monoisotopic (exact) mass is 390 g/mol. The van der Waals surface area contributed by atoms with Crippen molar-refractivity contribution < 1.29 is 27.6 Å². The molecule has 146 valence electrons. The van der Waals surface area contributed by atoms with Crippen molar-refractivity contribution in [1.29, 1.82) is 0 Å². The van der Waals surface area contributed by atoms with Crippen LogP contribution in [0.15, 0.2) is 48.5 Å². The Morgan fingerprint density at radius 3 is 1.96 bits per heavy atom. The molecule has 2 aromatic rings. The molecular formula is C20H17F3N2O3. The molecule has 8 heteroatoms. The van der Waals surface area contributed by atoms with Crippen LogP contribution in [0, 0.1) is 5.41 Å². The Kier molecular flexibility index (Phi) is 4.97. The Morgan fingerprint density at radius 2 is 1.46 bits per heavy atom. The largest absolute Gasteiger partial charge is 0.416 e. The number of amides is 2. The Hall–Kier alpha value is -3.16. The molecule has 0 aliphatic heterocycles. The second kappa shape index (κ2) is 7.10. The third-order valence-electron chi connectivity index (χ3n) is 4.62. The van der Waals surface area contributed by atoms with Crippen molar-refractivity contribution in [2.45, 2.75) is 25.9 Å². The molecular weight excluding hydrogens is 373 g/mol. The van der Waals surface area contributed by atoms with Crippen LogP contribution in [0.4, 0.5) is 24.5 Å². The molecule has 1 saturated carbocycles. The second-order valence-electron chi connectivity index (χ2n) is 6.70. The van der Waals surface area contributed by atoms with E-state index in [0.29, 0.717) is 24.1 Å². The van der Waals surface area contributed by atoms with Crippen LogP contribution in [0.25, 0.3) is 0 Å². The molecule has 2 aromatic carbocycles. The summed E-state index contributed by atoms with van der Waals surface area (Å²) in [5, 5.41) is 5.13. The highest BCUT2D eigenvalue weighted by molar-refractivity contribution is 6.17. The first-order valence-electron chi connectivity index (χ1n) is 8.53. The molecule has 1 aliphatic carbocycles. The lowest BCUT2D eigenvalue weighted by Crippen LogP contribution is -2.35. The molecule has 28 heavy (non-hydrogen) atoms. The van der Waals surface area contributed by atoms with Gasteiger partial charge in [-0.15, -0.1) is 0 Å². The van der Waals surface area contributed by atoms with Crippen molar-refractivity contribution in [3.8, 4) is 0 Å². The minimum atomic E-state index is -4.46. The standard InChI is InChI=1S/C20H17F3N2O3/c1-12(26)13-3-2-4-16(11-13)25-18(28)19(9-10-19)17(27)24-15-7-5-14(6-8-15)20(21,22)23/h2-8,11H,9-10H2,1H3,(H,24,27)(H,25,28). The zero-order valence-electron chi connectivity index (χ0n) is 14.9. The van der Waals surface area contributed by atoms with Gasteiger partial charge < -0.3 is 10.6 Å². The molecule has 0 radical (unpaired) electrons. The van der Waals surface area contributed by atoms with Gasteiger partial charge in [-0.05, 0) is 56.2 Å². The van der Waals surface area contributed by atoms with Crippen LogP contribution in [0.3, 0.4) is 0 Å². The van der Waals surface area contributed by atoms with Crippen molar-refractivity contribution in [3.05, 3.63) is 59.7 Å². The minimum Gasteiger partial charge on any atom is -0.325 e. The lowest BCUT2D eigenvalue weighted by Gasteiger charge is -2.16. The number of ketones is 1. The summed E-state index contributed by atoms with van der Waals surface area (Å²) in [7, 11) is 0. The van der Waals surface area contributed by atoms with Crippen LogP contribution in [-0.2, 0) is 15.8 Å². The summed E-state index contributed by atoms with van der Waals surface area (Å²) in [6.07, 6.45) is -3.80. The number of anilines is 2. The normalized spacial score (nSPS) is 14.9. The van der Waals surface area contributed by atoms with Crippen LogP contribution in [0.5, 0.6) is 0 Å². The average molecular weight is 390 g/mol. The molecule has 0 spiro atoms. The second-order valence-corrected chi connectivity index (χ2v) is 6.70.